The SMILES string of the molecule is C[C@@H](Nc1ccccc1C(=O)O)c1cc(C(F)(F)F)cc2c(=O)cc(N3CCC4(CC3)CC4)oc12. The number of carbonyl (C=O) groups is 1. The average Bonchev–Trinajstić information content (AvgIpc) is 3.57. The first kappa shape index (κ1) is 23.3. The second-order valence-electron chi connectivity index (χ2n) is 9.59. The second-order valence-corrected chi connectivity index (χ2v) is 9.59. The highest BCUT2D eigenvalue weighted by Crippen LogP contribution is 2.54. The van der Waals surface area contributed by atoms with Gasteiger partial charge in [-0.25, -0.2) is 4.79 Å². The maximum absolute atomic E-state index is 13.7. The number of nitrogens with one attached hydrogen (secondary N) is 1. The fourth-order valence-electron chi connectivity index (χ4n) is 4.90. The molecule has 1 aliphatic carbocycles. The van der Waals surface area contributed by atoms with Gasteiger partial charge in [0.1, 0.15) is 5.58 Å². The van der Waals surface area contributed by atoms with Crippen LogP contribution in [-0.4, -0.2) is 24.2 Å². The van der Waals surface area contributed by atoms with E-state index in [4.69, 9.17) is 4.42 Å². The van der Waals surface area contributed by atoms with Gasteiger partial charge < -0.3 is 19.7 Å². The Hall–Kier alpha value is -3.49. The standard InChI is InChI=1S/C26H25F3N2O4/c1-15(30-20-5-3-2-4-17(20)24(33)34)18-12-16(26(27,28)29)13-19-21(32)14-22(35-23(18)19)31-10-8-25(6-7-25)9-11-31/h2-5,12-15,30H,6-11H2,1H3,(H,33,34)/t15-/m1/s1. The van der Waals surface area contributed by atoms with Gasteiger partial charge in [0.05, 0.1) is 22.6 Å². The number of halogens is 3. The number of hydrogen-bond acceptors (Lipinski definition) is 5. The predicted octanol–water partition coefficient (Wildman–Crippen LogP) is 6.06. The first-order valence-electron chi connectivity index (χ1n) is 11.6. The summed E-state index contributed by atoms with van der Waals surface area (Å²) in [5.74, 6) is -0.821. The van der Waals surface area contributed by atoms with Gasteiger partial charge in [0.25, 0.3) is 0 Å². The van der Waals surface area contributed by atoms with Gasteiger partial charge in [0.2, 0.25) is 0 Å². The Morgan fingerprint density at radius 3 is 2.43 bits per heavy atom. The predicted molar refractivity (Wildman–Crippen MR) is 126 cm³/mol. The van der Waals surface area contributed by atoms with Crippen LogP contribution in [-0.2, 0) is 6.18 Å². The number of rotatable bonds is 5. The van der Waals surface area contributed by atoms with Crippen LogP contribution in [0.15, 0.2) is 51.7 Å². The summed E-state index contributed by atoms with van der Waals surface area (Å²) in [7, 11) is 0. The molecule has 1 spiro atoms. The van der Waals surface area contributed by atoms with Gasteiger partial charge in [-0.2, -0.15) is 13.2 Å². The molecule has 2 heterocycles. The molecule has 2 N–H and O–H groups in total. The van der Waals surface area contributed by atoms with Gasteiger partial charge in [-0.3, -0.25) is 4.79 Å². The van der Waals surface area contributed by atoms with Crippen molar-refractivity contribution in [2.75, 3.05) is 23.3 Å². The molecule has 1 aromatic heterocycles. The highest BCUT2D eigenvalue weighted by Gasteiger charge is 2.44. The minimum atomic E-state index is -4.67. The van der Waals surface area contributed by atoms with E-state index in [0.717, 1.165) is 38.1 Å². The molecule has 3 aromatic rings. The lowest BCUT2D eigenvalue weighted by Gasteiger charge is -2.32. The number of carboxylic acid groups (broad SMARTS) is 1. The van der Waals surface area contributed by atoms with Crippen LogP contribution in [0.2, 0.25) is 0 Å². The van der Waals surface area contributed by atoms with Crippen LogP contribution in [0.3, 0.4) is 0 Å². The van der Waals surface area contributed by atoms with Crippen molar-refractivity contribution in [1.82, 2.24) is 0 Å². The third kappa shape index (κ3) is 4.47. The lowest BCUT2D eigenvalue weighted by Crippen LogP contribution is -2.34. The van der Waals surface area contributed by atoms with E-state index >= 15 is 0 Å². The molecule has 0 radical (unpaired) electrons. The topological polar surface area (TPSA) is 82.8 Å². The number of hydrogen-bond donors (Lipinski definition) is 2. The number of nitrogens with zero attached hydrogens (tertiary/aromatic N) is 1. The number of para-hydroxylation sites is 1. The number of benzene rings is 2. The molecular formula is C26H25F3N2O4. The Morgan fingerprint density at radius 2 is 1.80 bits per heavy atom. The second kappa shape index (κ2) is 8.32. The monoisotopic (exact) mass is 486 g/mol. The third-order valence-electron chi connectivity index (χ3n) is 7.26. The zero-order valence-electron chi connectivity index (χ0n) is 19.1. The molecule has 1 saturated heterocycles. The van der Waals surface area contributed by atoms with Crippen molar-refractivity contribution < 1.29 is 27.5 Å². The molecule has 0 unspecified atom stereocenters. The van der Waals surface area contributed by atoms with Crippen molar-refractivity contribution >= 4 is 28.5 Å². The van der Waals surface area contributed by atoms with Crippen molar-refractivity contribution in [2.24, 2.45) is 5.41 Å². The van der Waals surface area contributed by atoms with Crippen molar-refractivity contribution in [2.45, 2.75) is 44.8 Å². The zero-order chi connectivity index (χ0) is 25.0. The normalized spacial score (nSPS) is 18.0. The first-order valence-corrected chi connectivity index (χ1v) is 11.6. The van der Waals surface area contributed by atoms with Crippen molar-refractivity contribution in [3.8, 4) is 0 Å². The summed E-state index contributed by atoms with van der Waals surface area (Å²) < 4.78 is 47.2. The molecule has 0 bridgehead atoms. The van der Waals surface area contributed by atoms with Crippen LogP contribution >= 0.6 is 0 Å². The summed E-state index contributed by atoms with van der Waals surface area (Å²) in [6, 6.07) is 8.42. The van der Waals surface area contributed by atoms with Gasteiger partial charge in [-0.1, -0.05) is 12.1 Å². The van der Waals surface area contributed by atoms with Gasteiger partial charge in [0.15, 0.2) is 11.3 Å². The summed E-state index contributed by atoms with van der Waals surface area (Å²) in [4.78, 5) is 26.6. The fourth-order valence-corrected chi connectivity index (χ4v) is 4.90. The maximum Gasteiger partial charge on any atom is 0.416 e. The van der Waals surface area contributed by atoms with Crippen molar-refractivity contribution in [3.05, 3.63) is 69.4 Å². The molecule has 6 nitrogen and oxygen atoms in total. The van der Waals surface area contributed by atoms with Gasteiger partial charge in [-0.05, 0) is 62.3 Å². The van der Waals surface area contributed by atoms with E-state index in [0.29, 0.717) is 11.3 Å². The summed E-state index contributed by atoms with van der Waals surface area (Å²) in [6.07, 6.45) is -0.239. The molecule has 9 heteroatoms. The quantitative estimate of drug-likeness (QED) is 0.456. The van der Waals surface area contributed by atoms with E-state index in [1.165, 1.54) is 25.0 Å². The third-order valence-corrected chi connectivity index (χ3v) is 7.26. The summed E-state index contributed by atoms with van der Waals surface area (Å²) >= 11 is 0. The Morgan fingerprint density at radius 1 is 1.11 bits per heavy atom. The number of fused-ring (bicyclic) bond motifs is 1. The van der Waals surface area contributed by atoms with Gasteiger partial charge >= 0.3 is 12.1 Å². The number of aromatic carboxylic acids is 1. The smallest absolute Gasteiger partial charge is 0.416 e. The Kier molecular flexibility index (Phi) is 5.53. The van der Waals surface area contributed by atoms with Crippen molar-refractivity contribution in [3.63, 3.8) is 0 Å². The molecule has 2 fully saturated rings. The van der Waals surface area contributed by atoms with E-state index < -0.39 is 29.2 Å². The zero-order valence-corrected chi connectivity index (χ0v) is 19.1. The average molecular weight is 486 g/mol. The molecule has 0 amide bonds. The van der Waals surface area contributed by atoms with E-state index in [-0.39, 0.29) is 27.8 Å². The van der Waals surface area contributed by atoms with Crippen LogP contribution < -0.4 is 15.6 Å². The molecule has 1 saturated carbocycles. The molecule has 1 aliphatic heterocycles. The maximum atomic E-state index is 13.7. The largest absolute Gasteiger partial charge is 0.478 e. The number of alkyl halides is 3. The molecule has 5 rings (SSSR count). The first-order chi connectivity index (χ1) is 16.6. The molecule has 184 valence electrons. The van der Waals surface area contributed by atoms with E-state index in [2.05, 4.69) is 5.32 Å². The van der Waals surface area contributed by atoms with Crippen LogP contribution in [0, 0.1) is 5.41 Å². The van der Waals surface area contributed by atoms with Crippen molar-refractivity contribution in [1.29, 1.82) is 0 Å². The van der Waals surface area contributed by atoms with Crippen LogP contribution in [0.5, 0.6) is 0 Å². The summed E-state index contributed by atoms with van der Waals surface area (Å²) in [5.41, 5.74) is -0.657. The highest BCUT2D eigenvalue weighted by atomic mass is 19.4. The minimum absolute atomic E-state index is 0.0138. The number of piperidine rings is 1. The lowest BCUT2D eigenvalue weighted by molar-refractivity contribution is -0.137. The number of carboxylic acids is 1. The lowest BCUT2D eigenvalue weighted by atomic mass is 9.94. The minimum Gasteiger partial charge on any atom is -0.478 e. The van der Waals surface area contributed by atoms with E-state index in [9.17, 15) is 27.9 Å². The Labute approximate surface area is 199 Å². The molecule has 1 atom stereocenters. The molecule has 2 aliphatic rings. The summed E-state index contributed by atoms with van der Waals surface area (Å²) in [5, 5.41) is 12.3. The number of anilines is 2. The summed E-state index contributed by atoms with van der Waals surface area (Å²) in [6.45, 7) is 3.06. The van der Waals surface area contributed by atoms with Crippen LogP contribution in [0.25, 0.3) is 11.0 Å². The fraction of sp³-hybridized carbons (Fsp3) is 0.385. The molecule has 35 heavy (non-hydrogen) atoms. The molecular weight excluding hydrogens is 461 g/mol. The van der Waals surface area contributed by atoms with Gasteiger partial charge in [0, 0.05) is 30.4 Å². The van der Waals surface area contributed by atoms with Crippen LogP contribution in [0.4, 0.5) is 24.7 Å². The van der Waals surface area contributed by atoms with E-state index in [1.54, 1.807) is 25.1 Å². The Balaban J connectivity index is 1.59. The van der Waals surface area contributed by atoms with E-state index in [1.807, 2.05) is 4.90 Å². The highest BCUT2D eigenvalue weighted by molar-refractivity contribution is 5.94. The van der Waals surface area contributed by atoms with Gasteiger partial charge in [-0.15, -0.1) is 0 Å². The van der Waals surface area contributed by atoms with Crippen LogP contribution in [0.1, 0.15) is 60.1 Å². The Bertz CT molecular complexity index is 1350. The molecule has 2 aromatic carbocycles.